The minimum absolute atomic E-state index is 0.489. The van der Waals surface area contributed by atoms with Crippen molar-refractivity contribution in [3.05, 3.63) is 37.0 Å². The van der Waals surface area contributed by atoms with Gasteiger partial charge in [0.05, 0.1) is 12.2 Å². The maximum absolute atomic E-state index is 5.61. The third-order valence-electron chi connectivity index (χ3n) is 3.27. The molecule has 0 aliphatic carbocycles. The van der Waals surface area contributed by atoms with Crippen molar-refractivity contribution in [1.29, 1.82) is 0 Å². The Labute approximate surface area is 113 Å². The van der Waals surface area contributed by atoms with E-state index in [-0.39, 0.29) is 0 Å². The SMILES string of the molecule is C=CCCCCCC=CC[C@@H]1O[C@@H]1CC=CCC. The van der Waals surface area contributed by atoms with Gasteiger partial charge >= 0.3 is 0 Å². The van der Waals surface area contributed by atoms with Crippen molar-refractivity contribution in [2.75, 3.05) is 0 Å². The summed E-state index contributed by atoms with van der Waals surface area (Å²) >= 11 is 0. The molecule has 1 fully saturated rings. The van der Waals surface area contributed by atoms with E-state index in [2.05, 4.69) is 37.8 Å². The van der Waals surface area contributed by atoms with Crippen LogP contribution in [-0.4, -0.2) is 12.2 Å². The number of hydrogen-bond donors (Lipinski definition) is 0. The highest BCUT2D eigenvalue weighted by atomic mass is 16.6. The number of allylic oxidation sites excluding steroid dienone is 3. The molecule has 0 aromatic carbocycles. The molecule has 18 heavy (non-hydrogen) atoms. The molecule has 1 nitrogen and oxygen atoms in total. The topological polar surface area (TPSA) is 12.5 Å². The van der Waals surface area contributed by atoms with E-state index >= 15 is 0 Å². The Hall–Kier alpha value is -0.820. The largest absolute Gasteiger partial charge is 0.369 e. The molecule has 0 N–H and O–H groups in total. The number of unbranched alkanes of at least 4 members (excludes halogenated alkanes) is 4. The lowest BCUT2D eigenvalue weighted by atomic mass is 10.1. The van der Waals surface area contributed by atoms with Gasteiger partial charge in [-0.2, -0.15) is 0 Å². The Balaban J connectivity index is 1.89. The summed E-state index contributed by atoms with van der Waals surface area (Å²) in [5.41, 5.74) is 0. The molecule has 0 bridgehead atoms. The summed E-state index contributed by atoms with van der Waals surface area (Å²) in [6, 6.07) is 0. The van der Waals surface area contributed by atoms with Gasteiger partial charge in [0.25, 0.3) is 0 Å². The van der Waals surface area contributed by atoms with Gasteiger partial charge in [-0.1, -0.05) is 43.7 Å². The molecule has 1 saturated heterocycles. The Morgan fingerprint density at radius 2 is 1.56 bits per heavy atom. The van der Waals surface area contributed by atoms with Gasteiger partial charge in [-0.05, 0) is 44.9 Å². The lowest BCUT2D eigenvalue weighted by Gasteiger charge is -1.94. The minimum Gasteiger partial charge on any atom is -0.369 e. The summed E-state index contributed by atoms with van der Waals surface area (Å²) < 4.78 is 5.61. The molecule has 1 aliphatic rings. The van der Waals surface area contributed by atoms with Crippen molar-refractivity contribution in [3.8, 4) is 0 Å². The van der Waals surface area contributed by atoms with Crippen molar-refractivity contribution < 1.29 is 4.74 Å². The summed E-state index contributed by atoms with van der Waals surface area (Å²) in [6.45, 7) is 5.90. The fourth-order valence-electron chi connectivity index (χ4n) is 2.07. The second kappa shape index (κ2) is 10.1. The molecule has 1 rings (SSSR count). The number of epoxide rings is 1. The fraction of sp³-hybridized carbons (Fsp3) is 0.647. The molecule has 1 heterocycles. The molecule has 0 saturated carbocycles. The molecule has 1 heteroatoms. The first-order chi connectivity index (χ1) is 8.88. The van der Waals surface area contributed by atoms with Gasteiger partial charge in [0.2, 0.25) is 0 Å². The monoisotopic (exact) mass is 248 g/mol. The predicted molar refractivity (Wildman–Crippen MR) is 79.7 cm³/mol. The first kappa shape index (κ1) is 15.2. The summed E-state index contributed by atoms with van der Waals surface area (Å²) in [5, 5.41) is 0. The molecular weight excluding hydrogens is 220 g/mol. The third kappa shape index (κ3) is 7.50. The molecule has 0 aromatic heterocycles. The van der Waals surface area contributed by atoms with Crippen LogP contribution < -0.4 is 0 Å². The molecule has 0 radical (unpaired) electrons. The minimum atomic E-state index is 0.489. The van der Waals surface area contributed by atoms with Gasteiger partial charge in [-0.15, -0.1) is 6.58 Å². The molecule has 1 aliphatic heterocycles. The van der Waals surface area contributed by atoms with E-state index in [0.717, 1.165) is 25.7 Å². The van der Waals surface area contributed by atoms with Gasteiger partial charge in [-0.3, -0.25) is 0 Å². The highest BCUT2D eigenvalue weighted by Gasteiger charge is 2.35. The van der Waals surface area contributed by atoms with Gasteiger partial charge < -0.3 is 4.74 Å². The Bertz CT molecular complexity index is 265. The summed E-state index contributed by atoms with van der Waals surface area (Å²) in [5.74, 6) is 0. The van der Waals surface area contributed by atoms with Crippen LogP contribution in [-0.2, 0) is 4.74 Å². The van der Waals surface area contributed by atoms with Gasteiger partial charge in [-0.25, -0.2) is 0 Å². The summed E-state index contributed by atoms with van der Waals surface area (Å²) in [7, 11) is 0. The van der Waals surface area contributed by atoms with E-state index < -0.39 is 0 Å². The Morgan fingerprint density at radius 3 is 2.22 bits per heavy atom. The zero-order valence-corrected chi connectivity index (χ0v) is 11.8. The first-order valence-corrected chi connectivity index (χ1v) is 7.44. The molecule has 0 spiro atoms. The van der Waals surface area contributed by atoms with Crippen molar-refractivity contribution in [2.45, 2.75) is 70.5 Å². The highest BCUT2D eigenvalue weighted by molar-refractivity contribution is 4.97. The van der Waals surface area contributed by atoms with E-state index in [1.807, 2.05) is 6.08 Å². The normalized spacial score (nSPS) is 22.9. The van der Waals surface area contributed by atoms with Gasteiger partial charge in [0.15, 0.2) is 0 Å². The van der Waals surface area contributed by atoms with Crippen LogP contribution in [0, 0.1) is 0 Å². The van der Waals surface area contributed by atoms with E-state index in [1.54, 1.807) is 0 Å². The maximum atomic E-state index is 5.61. The molecular formula is C17H28O. The van der Waals surface area contributed by atoms with E-state index in [1.165, 1.54) is 25.7 Å². The van der Waals surface area contributed by atoms with Crippen molar-refractivity contribution >= 4 is 0 Å². The van der Waals surface area contributed by atoms with Crippen LogP contribution in [0.5, 0.6) is 0 Å². The molecule has 2 atom stereocenters. The zero-order chi connectivity index (χ0) is 13.1. The van der Waals surface area contributed by atoms with Crippen molar-refractivity contribution in [2.24, 2.45) is 0 Å². The summed E-state index contributed by atoms with van der Waals surface area (Å²) in [6.07, 6.45) is 21.7. The van der Waals surface area contributed by atoms with Crippen LogP contribution >= 0.6 is 0 Å². The number of rotatable bonds is 11. The van der Waals surface area contributed by atoms with Gasteiger partial charge in [0.1, 0.15) is 0 Å². The lowest BCUT2D eigenvalue weighted by Crippen LogP contribution is -1.90. The van der Waals surface area contributed by atoms with Gasteiger partial charge in [0, 0.05) is 0 Å². The third-order valence-corrected chi connectivity index (χ3v) is 3.27. The Kier molecular flexibility index (Phi) is 8.58. The van der Waals surface area contributed by atoms with E-state index in [0.29, 0.717) is 12.2 Å². The quantitative estimate of drug-likeness (QED) is 0.278. The number of hydrogen-bond acceptors (Lipinski definition) is 1. The Morgan fingerprint density at radius 1 is 0.889 bits per heavy atom. The molecule has 102 valence electrons. The smallest absolute Gasteiger partial charge is 0.0879 e. The van der Waals surface area contributed by atoms with E-state index in [4.69, 9.17) is 4.74 Å². The van der Waals surface area contributed by atoms with Crippen LogP contribution in [0.2, 0.25) is 0 Å². The van der Waals surface area contributed by atoms with Crippen LogP contribution in [0.3, 0.4) is 0 Å². The first-order valence-electron chi connectivity index (χ1n) is 7.44. The number of ether oxygens (including phenoxy) is 1. The second-order valence-electron chi connectivity index (χ2n) is 4.96. The van der Waals surface area contributed by atoms with Crippen LogP contribution in [0.25, 0.3) is 0 Å². The molecule has 0 aromatic rings. The van der Waals surface area contributed by atoms with Crippen molar-refractivity contribution in [1.82, 2.24) is 0 Å². The van der Waals surface area contributed by atoms with Crippen LogP contribution in [0.4, 0.5) is 0 Å². The molecule has 0 unspecified atom stereocenters. The average molecular weight is 248 g/mol. The zero-order valence-electron chi connectivity index (χ0n) is 11.8. The predicted octanol–water partition coefficient (Wildman–Crippen LogP) is 5.19. The highest BCUT2D eigenvalue weighted by Crippen LogP contribution is 2.29. The summed E-state index contributed by atoms with van der Waals surface area (Å²) in [4.78, 5) is 0. The van der Waals surface area contributed by atoms with Crippen LogP contribution in [0.15, 0.2) is 37.0 Å². The fourth-order valence-corrected chi connectivity index (χ4v) is 2.07. The van der Waals surface area contributed by atoms with Crippen molar-refractivity contribution in [3.63, 3.8) is 0 Å². The maximum Gasteiger partial charge on any atom is 0.0879 e. The van der Waals surface area contributed by atoms with E-state index in [9.17, 15) is 0 Å². The second-order valence-corrected chi connectivity index (χ2v) is 4.96. The lowest BCUT2D eigenvalue weighted by molar-refractivity contribution is 0.372. The average Bonchev–Trinajstić information content (AvgIpc) is 3.12. The van der Waals surface area contributed by atoms with Crippen LogP contribution in [0.1, 0.15) is 58.3 Å². The molecule has 0 amide bonds. The standard InChI is InChI=1S/C17H28O/c1-3-5-7-8-9-10-11-13-15-17-16(18-17)14-12-6-4-2/h3,6,11-13,16-17H,1,4-5,7-10,14-15H2,2H3/t16-,17+/m1/s1.